The molecule has 0 amide bonds. The second-order valence-corrected chi connectivity index (χ2v) is 10.6. The number of benzene rings is 3. The van der Waals surface area contributed by atoms with E-state index in [-0.39, 0.29) is 16.5 Å². The highest BCUT2D eigenvalue weighted by atomic mass is 32.2. The fourth-order valence-electron chi connectivity index (χ4n) is 4.09. The second kappa shape index (κ2) is 9.87. The van der Waals surface area contributed by atoms with E-state index in [1.807, 2.05) is 72.8 Å². The van der Waals surface area contributed by atoms with Gasteiger partial charge in [-0.2, -0.15) is 0 Å². The molecular formula is C29H21N5O3S. The van der Waals surface area contributed by atoms with Crippen molar-refractivity contribution < 1.29 is 12.8 Å². The number of pyridine rings is 1. The first-order valence-corrected chi connectivity index (χ1v) is 13.5. The van der Waals surface area contributed by atoms with Crippen molar-refractivity contribution in [2.24, 2.45) is 0 Å². The summed E-state index contributed by atoms with van der Waals surface area (Å²) in [5.41, 5.74) is 4.47. The molecule has 3 aromatic heterocycles. The number of rotatable bonds is 7. The molecular weight excluding hydrogens is 498 g/mol. The zero-order valence-electron chi connectivity index (χ0n) is 20.0. The fraction of sp³-hybridized carbons (Fsp3) is 0.0345. The lowest BCUT2D eigenvalue weighted by Gasteiger charge is -2.04. The van der Waals surface area contributed by atoms with Gasteiger partial charge in [-0.05, 0) is 36.4 Å². The maximum Gasteiger partial charge on any atom is 0.211 e. The van der Waals surface area contributed by atoms with Crippen LogP contribution in [0.1, 0.15) is 5.89 Å². The van der Waals surface area contributed by atoms with Crippen molar-refractivity contribution >= 4 is 9.84 Å². The van der Waals surface area contributed by atoms with Crippen molar-refractivity contribution in [3.63, 3.8) is 0 Å². The van der Waals surface area contributed by atoms with E-state index in [0.717, 1.165) is 16.7 Å². The van der Waals surface area contributed by atoms with E-state index >= 15 is 0 Å². The summed E-state index contributed by atoms with van der Waals surface area (Å²) in [5.74, 6) is 0.296. The van der Waals surface area contributed by atoms with Crippen molar-refractivity contribution in [3.8, 4) is 39.5 Å². The molecule has 0 bridgehead atoms. The summed E-state index contributed by atoms with van der Waals surface area (Å²) in [4.78, 5) is 8.85. The lowest BCUT2D eigenvalue weighted by Crippen LogP contribution is -2.06. The molecule has 0 saturated carbocycles. The zero-order valence-corrected chi connectivity index (χ0v) is 20.9. The van der Waals surface area contributed by atoms with Crippen molar-refractivity contribution in [2.45, 2.75) is 10.6 Å². The van der Waals surface area contributed by atoms with Crippen molar-refractivity contribution in [1.82, 2.24) is 25.0 Å². The minimum Gasteiger partial charge on any atom is -0.439 e. The Morgan fingerprint density at radius 2 is 1.45 bits per heavy atom. The van der Waals surface area contributed by atoms with Gasteiger partial charge in [-0.15, -0.1) is 5.10 Å². The van der Waals surface area contributed by atoms with Crippen LogP contribution in [0.2, 0.25) is 0 Å². The third-order valence-corrected chi connectivity index (χ3v) is 7.60. The Kier molecular flexibility index (Phi) is 6.11. The summed E-state index contributed by atoms with van der Waals surface area (Å²) in [6.45, 7) is 0. The third kappa shape index (κ3) is 4.74. The molecule has 3 heterocycles. The van der Waals surface area contributed by atoms with Gasteiger partial charge in [0.05, 0.1) is 16.8 Å². The standard InChI is InChI=1S/C29H21N5O3S/c35-38(36,25-15-13-24(14-16-25)34-19-26(32-33-34)23-12-7-17-30-18-23)20-27-31-28(21-8-3-1-4-9-21)29(37-27)22-10-5-2-6-11-22/h1-19H,20H2. The summed E-state index contributed by atoms with van der Waals surface area (Å²) < 4.78 is 34.2. The summed E-state index contributed by atoms with van der Waals surface area (Å²) in [5, 5.41) is 8.34. The molecule has 38 heavy (non-hydrogen) atoms. The summed E-state index contributed by atoms with van der Waals surface area (Å²) >= 11 is 0. The van der Waals surface area contributed by atoms with E-state index in [2.05, 4.69) is 20.3 Å². The molecule has 0 fully saturated rings. The highest BCUT2D eigenvalue weighted by Gasteiger charge is 2.23. The molecule has 8 nitrogen and oxygen atoms in total. The van der Waals surface area contributed by atoms with Crippen LogP contribution in [0.15, 0.2) is 125 Å². The highest BCUT2D eigenvalue weighted by Crippen LogP contribution is 2.33. The average molecular weight is 520 g/mol. The maximum absolute atomic E-state index is 13.3. The molecule has 0 radical (unpaired) electrons. The first-order chi connectivity index (χ1) is 18.6. The van der Waals surface area contributed by atoms with Crippen molar-refractivity contribution in [2.75, 3.05) is 0 Å². The maximum atomic E-state index is 13.3. The molecule has 0 saturated heterocycles. The molecule has 6 rings (SSSR count). The molecule has 0 aliphatic rings. The first kappa shape index (κ1) is 23.5. The predicted octanol–water partition coefficient (Wildman–Crippen LogP) is 5.63. The summed E-state index contributed by atoms with van der Waals surface area (Å²) in [6, 6.07) is 29.3. The van der Waals surface area contributed by atoms with E-state index in [1.165, 1.54) is 0 Å². The van der Waals surface area contributed by atoms with Gasteiger partial charge >= 0.3 is 0 Å². The Morgan fingerprint density at radius 1 is 0.763 bits per heavy atom. The molecule has 0 N–H and O–H groups in total. The normalized spacial score (nSPS) is 11.5. The van der Waals surface area contributed by atoms with Gasteiger partial charge in [0, 0.05) is 29.1 Å². The Balaban J connectivity index is 1.27. The SMILES string of the molecule is O=S(=O)(Cc1nc(-c2ccccc2)c(-c2ccccc2)o1)c1ccc(-n2cc(-c3cccnc3)nn2)cc1. The highest BCUT2D eigenvalue weighted by molar-refractivity contribution is 7.90. The molecule has 0 spiro atoms. The van der Waals surface area contributed by atoms with Gasteiger partial charge in [0.2, 0.25) is 5.89 Å². The van der Waals surface area contributed by atoms with Gasteiger partial charge < -0.3 is 4.42 Å². The summed E-state index contributed by atoms with van der Waals surface area (Å²) in [7, 11) is -3.73. The van der Waals surface area contributed by atoms with Gasteiger partial charge in [0.15, 0.2) is 15.6 Å². The fourth-order valence-corrected chi connectivity index (χ4v) is 5.26. The second-order valence-electron chi connectivity index (χ2n) is 8.56. The van der Waals surface area contributed by atoms with Crippen LogP contribution in [0.25, 0.3) is 39.5 Å². The Labute approximate surface area is 219 Å². The lowest BCUT2D eigenvalue weighted by atomic mass is 10.1. The summed E-state index contributed by atoms with van der Waals surface area (Å²) in [6.07, 6.45) is 5.17. The van der Waals surface area contributed by atoms with Crippen LogP contribution in [-0.2, 0) is 15.6 Å². The molecule has 9 heteroatoms. The number of sulfone groups is 1. The van der Waals surface area contributed by atoms with E-state index in [0.29, 0.717) is 22.8 Å². The predicted molar refractivity (Wildman–Crippen MR) is 143 cm³/mol. The van der Waals surface area contributed by atoms with E-state index in [1.54, 1.807) is 47.5 Å². The number of hydrogen-bond donors (Lipinski definition) is 0. The Bertz CT molecular complexity index is 1730. The monoisotopic (exact) mass is 519 g/mol. The first-order valence-electron chi connectivity index (χ1n) is 11.8. The van der Waals surface area contributed by atoms with E-state index in [4.69, 9.17) is 4.42 Å². The molecule has 0 atom stereocenters. The van der Waals surface area contributed by atoms with Crippen LogP contribution in [-0.4, -0.2) is 33.4 Å². The number of hydrogen-bond acceptors (Lipinski definition) is 7. The molecule has 0 aliphatic carbocycles. The van der Waals surface area contributed by atoms with Crippen LogP contribution in [0, 0.1) is 0 Å². The molecule has 6 aromatic rings. The van der Waals surface area contributed by atoms with Gasteiger partial charge in [-0.1, -0.05) is 65.9 Å². The van der Waals surface area contributed by atoms with Crippen LogP contribution in [0.5, 0.6) is 0 Å². The molecule has 0 unspecified atom stereocenters. The van der Waals surface area contributed by atoms with Crippen LogP contribution >= 0.6 is 0 Å². The van der Waals surface area contributed by atoms with Crippen molar-refractivity contribution in [1.29, 1.82) is 0 Å². The molecule has 0 aliphatic heterocycles. The minimum atomic E-state index is -3.73. The van der Waals surface area contributed by atoms with Gasteiger partial charge in [-0.3, -0.25) is 4.98 Å². The smallest absolute Gasteiger partial charge is 0.211 e. The van der Waals surface area contributed by atoms with Crippen molar-refractivity contribution in [3.05, 3.63) is 122 Å². The van der Waals surface area contributed by atoms with E-state index in [9.17, 15) is 8.42 Å². The largest absolute Gasteiger partial charge is 0.439 e. The number of aromatic nitrogens is 5. The number of nitrogens with zero attached hydrogens (tertiary/aromatic N) is 5. The minimum absolute atomic E-state index is 0.129. The van der Waals surface area contributed by atoms with Gasteiger partial charge in [0.1, 0.15) is 17.1 Å². The number of oxazole rings is 1. The topological polar surface area (TPSA) is 104 Å². The Morgan fingerprint density at radius 3 is 2.13 bits per heavy atom. The molecule has 3 aromatic carbocycles. The lowest BCUT2D eigenvalue weighted by molar-refractivity contribution is 0.519. The van der Waals surface area contributed by atoms with Crippen LogP contribution in [0.3, 0.4) is 0 Å². The van der Waals surface area contributed by atoms with Gasteiger partial charge in [0.25, 0.3) is 0 Å². The zero-order chi connectivity index (χ0) is 26.0. The Hall–Kier alpha value is -4.89. The quantitative estimate of drug-likeness (QED) is 0.269. The third-order valence-electron chi connectivity index (χ3n) is 5.98. The van der Waals surface area contributed by atoms with Gasteiger partial charge in [-0.25, -0.2) is 18.1 Å². The van der Waals surface area contributed by atoms with Crippen LogP contribution in [0.4, 0.5) is 0 Å². The average Bonchev–Trinajstić information content (AvgIpc) is 3.63. The van der Waals surface area contributed by atoms with Crippen LogP contribution < -0.4 is 0 Å². The molecule has 186 valence electrons. The van der Waals surface area contributed by atoms with E-state index < -0.39 is 9.84 Å².